The van der Waals surface area contributed by atoms with Gasteiger partial charge in [0.25, 0.3) is 0 Å². The van der Waals surface area contributed by atoms with Crippen molar-refractivity contribution < 1.29 is 40.6 Å². The molecule has 1 fully saturated rings. The normalized spacial score (nSPS) is 14.6. The van der Waals surface area contributed by atoms with Gasteiger partial charge < -0.3 is 14.4 Å². The van der Waals surface area contributed by atoms with Crippen molar-refractivity contribution in [2.45, 2.75) is 28.8 Å². The Hall–Kier alpha value is -3.44. The number of rotatable bonds is 7. The lowest BCUT2D eigenvalue weighted by atomic mass is 9.99. The average Bonchev–Trinajstić information content (AvgIpc) is 2.91. The first-order valence-electron chi connectivity index (χ1n) is 11.8. The first kappa shape index (κ1) is 28.6. The molecular formula is C28H23F6NO3S. The lowest BCUT2D eigenvalue weighted by Gasteiger charge is -2.25. The molecule has 0 N–H and O–H groups in total. The third kappa shape index (κ3) is 7.36. The Labute approximate surface area is 225 Å². The average molecular weight is 568 g/mol. The summed E-state index contributed by atoms with van der Waals surface area (Å²) < 4.78 is 96.0. The van der Waals surface area contributed by atoms with Crippen molar-refractivity contribution in [3.63, 3.8) is 0 Å². The second kappa shape index (κ2) is 12.2. The van der Waals surface area contributed by atoms with Gasteiger partial charge in [-0.2, -0.15) is 26.3 Å². The van der Waals surface area contributed by atoms with Gasteiger partial charge in [0.05, 0.1) is 29.2 Å². The van der Waals surface area contributed by atoms with Crippen molar-refractivity contribution in [2.24, 2.45) is 0 Å². The van der Waals surface area contributed by atoms with E-state index in [1.807, 2.05) is 18.2 Å². The number of amides is 1. The number of halogens is 6. The smallest absolute Gasteiger partial charge is 0.418 e. The van der Waals surface area contributed by atoms with Crippen molar-refractivity contribution >= 4 is 23.7 Å². The molecule has 1 aliphatic rings. The van der Waals surface area contributed by atoms with Crippen LogP contribution >= 0.6 is 11.8 Å². The van der Waals surface area contributed by atoms with Gasteiger partial charge in [0, 0.05) is 24.1 Å². The minimum Gasteiger partial charge on any atom is -0.488 e. The highest BCUT2D eigenvalue weighted by Gasteiger charge is 2.46. The van der Waals surface area contributed by atoms with Crippen LogP contribution in [0, 0.1) is 0 Å². The van der Waals surface area contributed by atoms with Gasteiger partial charge in [-0.15, -0.1) is 0 Å². The zero-order chi connectivity index (χ0) is 28.0. The lowest BCUT2D eigenvalue weighted by molar-refractivity contribution is -0.163. The number of ether oxygens (including phenoxy) is 2. The minimum atomic E-state index is -5.34. The van der Waals surface area contributed by atoms with E-state index in [9.17, 15) is 31.1 Å². The molecule has 39 heavy (non-hydrogen) atoms. The van der Waals surface area contributed by atoms with E-state index in [-0.39, 0.29) is 43.6 Å². The SMILES string of the molecule is O=C(/C=C/c1ccc(Sc2ccccc2OCc2ccccc2)c(C(F)(F)F)c1C(F)(F)F)N1CCOCC1. The fourth-order valence-electron chi connectivity index (χ4n) is 3.97. The Balaban J connectivity index is 1.70. The summed E-state index contributed by atoms with van der Waals surface area (Å²) in [5, 5.41) is 0. The number of morpholine rings is 1. The molecule has 1 saturated heterocycles. The number of benzene rings is 3. The molecule has 0 spiro atoms. The third-order valence-electron chi connectivity index (χ3n) is 5.80. The van der Waals surface area contributed by atoms with E-state index in [0.29, 0.717) is 11.8 Å². The van der Waals surface area contributed by atoms with E-state index >= 15 is 0 Å². The maximum absolute atomic E-state index is 14.2. The summed E-state index contributed by atoms with van der Waals surface area (Å²) in [5.74, 6) is -0.379. The van der Waals surface area contributed by atoms with Gasteiger partial charge in [0.2, 0.25) is 5.91 Å². The summed E-state index contributed by atoms with van der Waals surface area (Å²) in [6.07, 6.45) is -9.03. The molecule has 3 aromatic carbocycles. The first-order chi connectivity index (χ1) is 18.5. The Bertz CT molecular complexity index is 1320. The van der Waals surface area contributed by atoms with Crippen molar-refractivity contribution in [2.75, 3.05) is 26.3 Å². The maximum atomic E-state index is 14.2. The molecule has 0 aliphatic carbocycles. The van der Waals surface area contributed by atoms with Crippen LogP contribution in [-0.2, 0) is 28.5 Å². The molecule has 206 valence electrons. The fraction of sp³-hybridized carbons (Fsp3) is 0.250. The summed E-state index contributed by atoms with van der Waals surface area (Å²) in [4.78, 5) is 13.3. The van der Waals surface area contributed by atoms with E-state index < -0.39 is 39.8 Å². The van der Waals surface area contributed by atoms with E-state index in [4.69, 9.17) is 9.47 Å². The van der Waals surface area contributed by atoms with Gasteiger partial charge in [-0.05, 0) is 35.4 Å². The van der Waals surface area contributed by atoms with E-state index in [1.54, 1.807) is 24.3 Å². The summed E-state index contributed by atoms with van der Waals surface area (Å²) in [7, 11) is 0. The number of alkyl halides is 6. The third-order valence-corrected chi connectivity index (χ3v) is 6.92. The number of hydrogen-bond donors (Lipinski definition) is 0. The molecule has 0 radical (unpaired) electrons. The standard InChI is InChI=1S/C28H23F6NO3S/c29-27(30,31)25-20(11-13-24(36)35-14-16-37-17-15-35)10-12-23(26(25)28(32,33)34)39-22-9-5-4-8-21(22)38-18-19-6-2-1-3-7-19/h1-13H,14-18H2/b13-11+. The number of hydrogen-bond acceptors (Lipinski definition) is 4. The van der Waals surface area contributed by atoms with Crippen molar-refractivity contribution in [3.05, 3.63) is 95.1 Å². The number of carbonyl (C=O) groups is 1. The molecule has 11 heteroatoms. The molecule has 0 saturated carbocycles. The van der Waals surface area contributed by atoms with Crippen LogP contribution in [0.1, 0.15) is 22.3 Å². The number of carbonyl (C=O) groups excluding carboxylic acids is 1. The molecule has 0 aromatic heterocycles. The maximum Gasteiger partial charge on any atom is 0.418 e. The molecule has 4 rings (SSSR count). The van der Waals surface area contributed by atoms with Gasteiger partial charge >= 0.3 is 12.4 Å². The summed E-state index contributed by atoms with van der Waals surface area (Å²) in [6.45, 7) is 1.15. The Morgan fingerprint density at radius 2 is 1.49 bits per heavy atom. The molecule has 0 bridgehead atoms. The molecule has 1 amide bonds. The number of nitrogens with zero attached hydrogens (tertiary/aromatic N) is 1. The van der Waals surface area contributed by atoms with E-state index in [1.165, 1.54) is 17.0 Å². The van der Waals surface area contributed by atoms with Crippen LogP contribution < -0.4 is 4.74 Å². The van der Waals surface area contributed by atoms with E-state index in [2.05, 4.69) is 0 Å². The monoisotopic (exact) mass is 567 g/mol. The molecule has 0 unspecified atom stereocenters. The van der Waals surface area contributed by atoms with Gasteiger partial charge in [-0.25, -0.2) is 0 Å². The lowest BCUT2D eigenvalue weighted by Crippen LogP contribution is -2.39. The highest BCUT2D eigenvalue weighted by atomic mass is 32.2. The Morgan fingerprint density at radius 3 is 2.15 bits per heavy atom. The van der Waals surface area contributed by atoms with Crippen LogP contribution in [0.15, 0.2) is 82.6 Å². The van der Waals surface area contributed by atoms with Crippen LogP contribution in [0.4, 0.5) is 26.3 Å². The number of para-hydroxylation sites is 1. The van der Waals surface area contributed by atoms with Gasteiger partial charge in [0.15, 0.2) is 0 Å². The fourth-order valence-corrected chi connectivity index (χ4v) is 5.04. The summed E-state index contributed by atoms with van der Waals surface area (Å²) in [6, 6.07) is 17.2. The van der Waals surface area contributed by atoms with Crippen molar-refractivity contribution in [1.29, 1.82) is 0 Å². The molecule has 4 nitrogen and oxygen atoms in total. The van der Waals surface area contributed by atoms with Crippen molar-refractivity contribution in [1.82, 2.24) is 4.90 Å². The topological polar surface area (TPSA) is 38.8 Å². The zero-order valence-electron chi connectivity index (χ0n) is 20.4. The molecule has 1 heterocycles. The Kier molecular flexibility index (Phi) is 8.91. The molecule has 3 aromatic rings. The van der Waals surface area contributed by atoms with Crippen LogP contribution in [-0.4, -0.2) is 37.1 Å². The van der Waals surface area contributed by atoms with Crippen LogP contribution in [0.5, 0.6) is 5.75 Å². The van der Waals surface area contributed by atoms with Crippen molar-refractivity contribution in [3.8, 4) is 5.75 Å². The second-order valence-electron chi connectivity index (χ2n) is 8.49. The molecule has 0 atom stereocenters. The Morgan fingerprint density at radius 1 is 0.846 bits per heavy atom. The van der Waals surface area contributed by atoms with Gasteiger partial charge in [0.1, 0.15) is 12.4 Å². The second-order valence-corrected chi connectivity index (χ2v) is 9.58. The van der Waals surface area contributed by atoms with Crippen LogP contribution in [0.25, 0.3) is 6.08 Å². The minimum absolute atomic E-state index is 0.124. The van der Waals surface area contributed by atoms with Crippen LogP contribution in [0.2, 0.25) is 0 Å². The van der Waals surface area contributed by atoms with Gasteiger partial charge in [-0.3, -0.25) is 4.79 Å². The molecular weight excluding hydrogens is 544 g/mol. The summed E-state index contributed by atoms with van der Waals surface area (Å²) in [5.41, 5.74) is -3.61. The highest BCUT2D eigenvalue weighted by molar-refractivity contribution is 7.99. The predicted molar refractivity (Wildman–Crippen MR) is 134 cm³/mol. The highest BCUT2D eigenvalue weighted by Crippen LogP contribution is 2.49. The largest absolute Gasteiger partial charge is 0.488 e. The molecule has 1 aliphatic heterocycles. The predicted octanol–water partition coefficient (Wildman–Crippen LogP) is 7.33. The quantitative estimate of drug-likeness (QED) is 0.222. The van der Waals surface area contributed by atoms with E-state index in [0.717, 1.165) is 29.8 Å². The van der Waals surface area contributed by atoms with Gasteiger partial charge in [-0.1, -0.05) is 60.3 Å². The van der Waals surface area contributed by atoms with Crippen LogP contribution in [0.3, 0.4) is 0 Å². The zero-order valence-corrected chi connectivity index (χ0v) is 21.2. The summed E-state index contributed by atoms with van der Waals surface area (Å²) >= 11 is 0.531. The first-order valence-corrected chi connectivity index (χ1v) is 12.7.